The van der Waals surface area contributed by atoms with Crippen LogP contribution in [0.2, 0.25) is 0 Å². The van der Waals surface area contributed by atoms with Gasteiger partial charge in [0.05, 0.1) is 17.6 Å². The molecule has 0 N–H and O–H groups in total. The van der Waals surface area contributed by atoms with Gasteiger partial charge < -0.3 is 9.64 Å². The topological polar surface area (TPSA) is 38.2 Å². The fourth-order valence-electron chi connectivity index (χ4n) is 5.05. The second-order valence-electron chi connectivity index (χ2n) is 10.1. The number of anilines is 1. The summed E-state index contributed by atoms with van der Waals surface area (Å²) in [5.74, 6) is 1.91. The zero-order chi connectivity index (χ0) is 23.0. The minimum atomic E-state index is -0.0910. The van der Waals surface area contributed by atoms with Crippen molar-refractivity contribution in [3.05, 3.63) is 46.3 Å². The highest BCUT2D eigenvalue weighted by Gasteiger charge is 2.34. The first kappa shape index (κ1) is 23.1. The number of nitrogens with zero attached hydrogens (tertiary/aromatic N) is 3. The summed E-state index contributed by atoms with van der Waals surface area (Å²) in [6.45, 7) is 11.7. The van der Waals surface area contributed by atoms with Gasteiger partial charge in [-0.15, -0.1) is 11.3 Å². The molecule has 6 heteroatoms. The fraction of sp³-hybridized carbons (Fsp3) is 0.556. The minimum absolute atomic E-state index is 0.0910. The molecule has 5 rings (SSSR count). The zero-order valence-electron chi connectivity index (χ0n) is 20.3. The maximum atomic E-state index is 6.26. The van der Waals surface area contributed by atoms with E-state index in [1.54, 1.807) is 11.8 Å². The summed E-state index contributed by atoms with van der Waals surface area (Å²) in [5.41, 5.74) is 2.81. The fourth-order valence-corrected chi connectivity index (χ4v) is 6.91. The summed E-state index contributed by atoms with van der Waals surface area (Å²) in [5, 5.41) is 2.68. The van der Waals surface area contributed by atoms with Gasteiger partial charge in [0.15, 0.2) is 5.16 Å². The quantitative estimate of drug-likeness (QED) is 0.283. The first-order chi connectivity index (χ1) is 15.9. The van der Waals surface area contributed by atoms with Gasteiger partial charge in [0.25, 0.3) is 0 Å². The molecule has 0 aliphatic carbocycles. The third kappa shape index (κ3) is 4.94. The Bertz CT molecular complexity index is 1110. The molecule has 0 bridgehead atoms. The Balaban J connectivity index is 1.45. The standard InChI is InChI=1S/C27H35N3OS2/c1-5-27(4)16-21-22(17-31-27)33-25-23(21)24(28-26(29-25)32-18(2)3)30-13-11-20(12-14-30)15-19-9-7-6-8-10-19/h6-10,18,20H,5,11-17H2,1-4H3/t27-/m1/s1. The molecule has 4 nitrogen and oxygen atoms in total. The van der Waals surface area contributed by atoms with Crippen LogP contribution < -0.4 is 4.90 Å². The van der Waals surface area contributed by atoms with Crippen LogP contribution in [0.4, 0.5) is 5.82 Å². The molecule has 33 heavy (non-hydrogen) atoms. The maximum Gasteiger partial charge on any atom is 0.191 e. The van der Waals surface area contributed by atoms with Crippen LogP contribution in [0.1, 0.15) is 63.0 Å². The van der Waals surface area contributed by atoms with Crippen LogP contribution >= 0.6 is 23.1 Å². The SMILES string of the molecule is CC[C@]1(C)Cc2c(sc3nc(SC(C)C)nc(N4CCC(Cc5ccccc5)CC4)c23)CO1. The van der Waals surface area contributed by atoms with Crippen LogP contribution in [0.25, 0.3) is 10.2 Å². The lowest BCUT2D eigenvalue weighted by Gasteiger charge is -2.35. The Morgan fingerprint density at radius 1 is 1.18 bits per heavy atom. The van der Waals surface area contributed by atoms with Crippen molar-refractivity contribution in [3.63, 3.8) is 0 Å². The molecule has 1 aromatic carbocycles. The van der Waals surface area contributed by atoms with Gasteiger partial charge in [0.1, 0.15) is 10.6 Å². The summed E-state index contributed by atoms with van der Waals surface area (Å²) in [6.07, 6.45) is 5.59. The number of benzene rings is 1. The Morgan fingerprint density at radius 2 is 1.94 bits per heavy atom. The largest absolute Gasteiger partial charge is 0.369 e. The average molecular weight is 482 g/mol. The molecule has 0 radical (unpaired) electrons. The average Bonchev–Trinajstić information content (AvgIpc) is 3.16. The summed E-state index contributed by atoms with van der Waals surface area (Å²) >= 11 is 3.59. The highest BCUT2D eigenvalue weighted by Crippen LogP contribution is 2.44. The van der Waals surface area contributed by atoms with E-state index in [0.717, 1.165) is 41.8 Å². The van der Waals surface area contributed by atoms with Crippen LogP contribution in [0.3, 0.4) is 0 Å². The molecule has 3 aromatic rings. The lowest BCUT2D eigenvalue weighted by Crippen LogP contribution is -2.36. The Morgan fingerprint density at radius 3 is 2.64 bits per heavy atom. The Hall–Kier alpha value is -1.63. The third-order valence-corrected chi connectivity index (χ3v) is 9.13. The molecule has 1 atom stereocenters. The van der Waals surface area contributed by atoms with E-state index in [-0.39, 0.29) is 5.60 Å². The van der Waals surface area contributed by atoms with Crippen LogP contribution in [0.5, 0.6) is 0 Å². The number of rotatable bonds is 6. The van der Waals surface area contributed by atoms with Gasteiger partial charge in [0.2, 0.25) is 0 Å². The molecule has 2 aliphatic heterocycles. The van der Waals surface area contributed by atoms with E-state index in [4.69, 9.17) is 14.7 Å². The predicted molar refractivity (Wildman–Crippen MR) is 141 cm³/mol. The number of hydrogen-bond acceptors (Lipinski definition) is 6. The van der Waals surface area contributed by atoms with Crippen molar-refractivity contribution in [2.45, 2.75) is 82.4 Å². The molecule has 0 spiro atoms. The second-order valence-corrected chi connectivity index (χ2v) is 12.7. The smallest absolute Gasteiger partial charge is 0.191 e. The number of ether oxygens (including phenoxy) is 1. The van der Waals surface area contributed by atoms with Gasteiger partial charge in [-0.25, -0.2) is 9.97 Å². The normalized spacial score (nSPS) is 21.7. The molecule has 176 valence electrons. The van der Waals surface area contributed by atoms with Gasteiger partial charge in [-0.1, -0.05) is 62.9 Å². The molecule has 1 saturated heterocycles. The Kier molecular flexibility index (Phi) is 6.69. The predicted octanol–water partition coefficient (Wildman–Crippen LogP) is 6.89. The monoisotopic (exact) mass is 481 g/mol. The van der Waals surface area contributed by atoms with Gasteiger partial charge >= 0.3 is 0 Å². The van der Waals surface area contributed by atoms with Crippen LogP contribution in [-0.2, 0) is 24.2 Å². The number of aromatic nitrogens is 2. The second kappa shape index (κ2) is 9.55. The van der Waals surface area contributed by atoms with Crippen molar-refractivity contribution < 1.29 is 4.74 Å². The highest BCUT2D eigenvalue weighted by atomic mass is 32.2. The molecular weight excluding hydrogens is 446 g/mol. The van der Waals surface area contributed by atoms with E-state index >= 15 is 0 Å². The molecule has 0 unspecified atom stereocenters. The van der Waals surface area contributed by atoms with E-state index in [9.17, 15) is 0 Å². The highest BCUT2D eigenvalue weighted by molar-refractivity contribution is 7.99. The molecule has 0 saturated carbocycles. The number of thioether (sulfide) groups is 1. The molecule has 4 heterocycles. The van der Waals surface area contributed by atoms with Crippen molar-refractivity contribution in [2.24, 2.45) is 5.92 Å². The van der Waals surface area contributed by atoms with Crippen molar-refractivity contribution in [1.82, 2.24) is 9.97 Å². The first-order valence-electron chi connectivity index (χ1n) is 12.4. The summed E-state index contributed by atoms with van der Waals surface area (Å²) in [4.78, 5) is 15.2. The van der Waals surface area contributed by atoms with Gasteiger partial charge in [-0.05, 0) is 49.7 Å². The number of fused-ring (bicyclic) bond motifs is 3. The van der Waals surface area contributed by atoms with E-state index in [0.29, 0.717) is 11.9 Å². The number of piperidine rings is 1. The van der Waals surface area contributed by atoms with Crippen molar-refractivity contribution >= 4 is 39.1 Å². The van der Waals surface area contributed by atoms with Crippen molar-refractivity contribution in [1.29, 1.82) is 0 Å². The van der Waals surface area contributed by atoms with Crippen LogP contribution in [0.15, 0.2) is 35.5 Å². The van der Waals surface area contributed by atoms with Gasteiger partial charge in [-0.3, -0.25) is 0 Å². The summed E-state index contributed by atoms with van der Waals surface area (Å²) < 4.78 is 6.26. The van der Waals surface area contributed by atoms with Crippen molar-refractivity contribution in [3.8, 4) is 0 Å². The van der Waals surface area contributed by atoms with Crippen molar-refractivity contribution in [2.75, 3.05) is 18.0 Å². The van der Waals surface area contributed by atoms with E-state index < -0.39 is 0 Å². The third-order valence-electron chi connectivity index (χ3n) is 7.17. The molecule has 0 amide bonds. The molecular formula is C27H35N3OS2. The lowest BCUT2D eigenvalue weighted by molar-refractivity contribution is -0.0543. The first-order valence-corrected chi connectivity index (χ1v) is 14.1. The maximum absolute atomic E-state index is 6.26. The lowest BCUT2D eigenvalue weighted by atomic mass is 9.89. The minimum Gasteiger partial charge on any atom is -0.369 e. The van der Waals surface area contributed by atoms with E-state index in [1.807, 2.05) is 11.3 Å². The zero-order valence-corrected chi connectivity index (χ0v) is 21.9. The summed E-state index contributed by atoms with van der Waals surface area (Å²) in [7, 11) is 0. The van der Waals surface area contributed by atoms with E-state index in [2.05, 4.69) is 62.9 Å². The number of thiophene rings is 1. The van der Waals surface area contributed by atoms with E-state index in [1.165, 1.54) is 46.5 Å². The molecule has 1 fully saturated rings. The van der Waals surface area contributed by atoms with Crippen LogP contribution in [-0.4, -0.2) is 33.9 Å². The van der Waals surface area contributed by atoms with Gasteiger partial charge in [-0.2, -0.15) is 0 Å². The Labute approximate surface area is 206 Å². The number of hydrogen-bond donors (Lipinski definition) is 0. The van der Waals surface area contributed by atoms with Crippen LogP contribution in [0, 0.1) is 5.92 Å². The summed E-state index contributed by atoms with van der Waals surface area (Å²) in [6, 6.07) is 10.9. The molecule has 2 aliphatic rings. The molecule has 2 aromatic heterocycles. The van der Waals surface area contributed by atoms with Gasteiger partial charge in [0, 0.05) is 29.6 Å².